The van der Waals surface area contributed by atoms with E-state index in [2.05, 4.69) is 22.5 Å². The van der Waals surface area contributed by atoms with Crippen LogP contribution >= 0.6 is 15.9 Å². The van der Waals surface area contributed by atoms with Gasteiger partial charge in [0, 0.05) is 22.5 Å². The first-order chi connectivity index (χ1) is 6.56. The third-order valence-electron chi connectivity index (χ3n) is 2.03. The molecule has 0 N–H and O–H groups in total. The van der Waals surface area contributed by atoms with Gasteiger partial charge in [-0.3, -0.25) is 10.1 Å². The molecule has 74 valence electrons. The molecule has 1 atom stereocenters. The van der Waals surface area contributed by atoms with Crippen LogP contribution in [0, 0.1) is 10.1 Å². The fourth-order valence-corrected chi connectivity index (χ4v) is 1.73. The van der Waals surface area contributed by atoms with Crippen molar-refractivity contribution < 1.29 is 4.92 Å². The zero-order valence-corrected chi connectivity index (χ0v) is 9.32. The molecule has 1 aromatic carbocycles. The van der Waals surface area contributed by atoms with E-state index in [4.69, 9.17) is 0 Å². The fourth-order valence-electron chi connectivity index (χ4n) is 1.12. The van der Waals surface area contributed by atoms with Crippen molar-refractivity contribution in [2.45, 2.75) is 12.8 Å². The van der Waals surface area contributed by atoms with Crippen LogP contribution in [0.25, 0.3) is 0 Å². The summed E-state index contributed by atoms with van der Waals surface area (Å²) in [7, 11) is 0. The lowest BCUT2D eigenvalue weighted by atomic mass is 10.0. The van der Waals surface area contributed by atoms with Gasteiger partial charge in [-0.2, -0.15) is 0 Å². The second kappa shape index (κ2) is 4.37. The summed E-state index contributed by atoms with van der Waals surface area (Å²) in [4.78, 5) is 10.1. The predicted molar refractivity (Wildman–Crippen MR) is 59.4 cm³/mol. The van der Waals surface area contributed by atoms with Gasteiger partial charge in [0.1, 0.15) is 0 Å². The number of nitrogens with zero attached hydrogens (tertiary/aromatic N) is 1. The number of allylic oxidation sites excluding steroid dienone is 1. The number of rotatable bonds is 3. The zero-order chi connectivity index (χ0) is 10.7. The van der Waals surface area contributed by atoms with Gasteiger partial charge < -0.3 is 0 Å². The van der Waals surface area contributed by atoms with E-state index < -0.39 is 4.92 Å². The van der Waals surface area contributed by atoms with Crippen LogP contribution in [0.5, 0.6) is 0 Å². The maximum absolute atomic E-state index is 10.5. The highest BCUT2D eigenvalue weighted by molar-refractivity contribution is 9.10. The number of hydrogen-bond acceptors (Lipinski definition) is 2. The summed E-state index contributed by atoms with van der Waals surface area (Å²) in [5.41, 5.74) is 0.992. The Labute approximate surface area is 90.7 Å². The van der Waals surface area contributed by atoms with Gasteiger partial charge in [-0.05, 0) is 11.6 Å². The van der Waals surface area contributed by atoms with Crippen LogP contribution in [-0.2, 0) is 0 Å². The largest absolute Gasteiger partial charge is 0.269 e. The van der Waals surface area contributed by atoms with Crippen LogP contribution in [0.4, 0.5) is 5.69 Å². The van der Waals surface area contributed by atoms with Gasteiger partial charge in [0.25, 0.3) is 5.69 Å². The predicted octanol–water partition coefficient (Wildman–Crippen LogP) is 3.65. The topological polar surface area (TPSA) is 43.1 Å². The number of halogens is 1. The fraction of sp³-hybridized carbons (Fsp3) is 0.200. The van der Waals surface area contributed by atoms with Crippen molar-refractivity contribution in [1.82, 2.24) is 0 Å². The molecule has 0 aliphatic rings. The normalized spacial score (nSPS) is 12.1. The zero-order valence-electron chi connectivity index (χ0n) is 7.74. The highest BCUT2D eigenvalue weighted by atomic mass is 79.9. The summed E-state index contributed by atoms with van der Waals surface area (Å²) in [5.74, 6) is 0.101. The van der Waals surface area contributed by atoms with E-state index in [1.54, 1.807) is 18.2 Å². The number of hydrogen-bond donors (Lipinski definition) is 0. The van der Waals surface area contributed by atoms with Gasteiger partial charge in [0.2, 0.25) is 0 Å². The summed E-state index contributed by atoms with van der Waals surface area (Å²) in [6.45, 7) is 5.60. The molecule has 0 aliphatic heterocycles. The SMILES string of the molecule is C=CC(C)c1cc([N+](=O)[O-])ccc1Br. The van der Waals surface area contributed by atoms with Crippen molar-refractivity contribution in [3.8, 4) is 0 Å². The van der Waals surface area contributed by atoms with E-state index in [0.29, 0.717) is 0 Å². The summed E-state index contributed by atoms with van der Waals surface area (Å²) < 4.78 is 0.871. The Hall–Kier alpha value is -1.16. The first-order valence-corrected chi connectivity index (χ1v) is 4.92. The second-order valence-corrected chi connectivity index (χ2v) is 3.84. The molecule has 0 heterocycles. The molecule has 0 bridgehead atoms. The van der Waals surface area contributed by atoms with Crippen molar-refractivity contribution in [1.29, 1.82) is 0 Å². The molecule has 0 aromatic heterocycles. The molecular formula is C10H10BrNO2. The van der Waals surface area contributed by atoms with Crippen molar-refractivity contribution >= 4 is 21.6 Å². The molecule has 0 saturated heterocycles. The highest BCUT2D eigenvalue weighted by Gasteiger charge is 2.12. The van der Waals surface area contributed by atoms with E-state index in [9.17, 15) is 10.1 Å². The number of nitro groups is 1. The van der Waals surface area contributed by atoms with Crippen molar-refractivity contribution in [3.05, 3.63) is 51.0 Å². The van der Waals surface area contributed by atoms with E-state index in [1.807, 2.05) is 6.92 Å². The van der Waals surface area contributed by atoms with Gasteiger partial charge in [0.15, 0.2) is 0 Å². The molecule has 3 nitrogen and oxygen atoms in total. The van der Waals surface area contributed by atoms with Crippen LogP contribution in [0.3, 0.4) is 0 Å². The second-order valence-electron chi connectivity index (χ2n) is 2.99. The molecule has 1 unspecified atom stereocenters. The molecule has 1 aromatic rings. The van der Waals surface area contributed by atoms with Crippen LogP contribution in [-0.4, -0.2) is 4.92 Å². The standard InChI is InChI=1S/C10H10BrNO2/c1-3-7(2)9-6-8(12(13)14)4-5-10(9)11/h3-7H,1H2,2H3. The number of non-ortho nitro benzene ring substituents is 1. The Balaban J connectivity index is 3.20. The number of nitro benzene ring substituents is 1. The highest BCUT2D eigenvalue weighted by Crippen LogP contribution is 2.29. The maximum atomic E-state index is 10.5. The van der Waals surface area contributed by atoms with E-state index in [1.165, 1.54) is 6.07 Å². The summed E-state index contributed by atoms with van der Waals surface area (Å²) in [5, 5.41) is 10.5. The lowest BCUT2D eigenvalue weighted by molar-refractivity contribution is -0.384. The Morgan fingerprint density at radius 1 is 1.64 bits per heavy atom. The molecule has 1 rings (SSSR count). The Morgan fingerprint density at radius 3 is 2.79 bits per heavy atom. The molecular weight excluding hydrogens is 246 g/mol. The third-order valence-corrected chi connectivity index (χ3v) is 2.76. The van der Waals surface area contributed by atoms with Gasteiger partial charge in [0.05, 0.1) is 4.92 Å². The first kappa shape index (κ1) is 10.9. The van der Waals surface area contributed by atoms with Crippen molar-refractivity contribution in [2.75, 3.05) is 0 Å². The minimum atomic E-state index is -0.397. The van der Waals surface area contributed by atoms with E-state index in [0.717, 1.165) is 10.0 Å². The molecule has 0 spiro atoms. The van der Waals surface area contributed by atoms with Gasteiger partial charge in [-0.1, -0.05) is 28.9 Å². The van der Waals surface area contributed by atoms with Gasteiger partial charge in [-0.25, -0.2) is 0 Å². The molecule has 0 saturated carbocycles. The lowest BCUT2D eigenvalue weighted by Crippen LogP contribution is -1.94. The third kappa shape index (κ3) is 2.20. The molecule has 0 radical (unpaired) electrons. The molecule has 14 heavy (non-hydrogen) atoms. The summed E-state index contributed by atoms with van der Waals surface area (Å²) in [6.07, 6.45) is 1.75. The monoisotopic (exact) mass is 255 g/mol. The molecule has 4 heteroatoms. The van der Waals surface area contributed by atoms with Crippen LogP contribution < -0.4 is 0 Å². The maximum Gasteiger partial charge on any atom is 0.269 e. The van der Waals surface area contributed by atoms with E-state index in [-0.39, 0.29) is 11.6 Å². The van der Waals surface area contributed by atoms with Crippen molar-refractivity contribution in [3.63, 3.8) is 0 Å². The minimum absolute atomic E-state index is 0.101. The summed E-state index contributed by atoms with van der Waals surface area (Å²) >= 11 is 3.35. The number of benzene rings is 1. The lowest BCUT2D eigenvalue weighted by Gasteiger charge is -2.08. The molecule has 0 aliphatic carbocycles. The summed E-state index contributed by atoms with van der Waals surface area (Å²) in [6, 6.07) is 4.73. The van der Waals surface area contributed by atoms with Crippen LogP contribution in [0.1, 0.15) is 18.4 Å². The Bertz CT molecular complexity index is 376. The average molecular weight is 256 g/mol. The average Bonchev–Trinajstić information content (AvgIpc) is 2.17. The van der Waals surface area contributed by atoms with Crippen LogP contribution in [0.15, 0.2) is 35.3 Å². The quantitative estimate of drug-likeness (QED) is 0.470. The van der Waals surface area contributed by atoms with Crippen molar-refractivity contribution in [2.24, 2.45) is 0 Å². The Morgan fingerprint density at radius 2 is 2.29 bits per heavy atom. The molecule has 0 amide bonds. The smallest absolute Gasteiger partial charge is 0.258 e. The Kier molecular flexibility index (Phi) is 3.41. The van der Waals surface area contributed by atoms with Gasteiger partial charge in [-0.15, -0.1) is 6.58 Å². The molecule has 0 fully saturated rings. The minimum Gasteiger partial charge on any atom is -0.258 e. The van der Waals surface area contributed by atoms with E-state index >= 15 is 0 Å². The van der Waals surface area contributed by atoms with Gasteiger partial charge >= 0.3 is 0 Å². The first-order valence-electron chi connectivity index (χ1n) is 4.12. The van der Waals surface area contributed by atoms with Crippen LogP contribution in [0.2, 0.25) is 0 Å².